The lowest BCUT2D eigenvalue weighted by Crippen LogP contribution is -1.94. The fraction of sp³-hybridized carbons (Fsp3) is 0.857. The molecule has 0 N–H and O–H groups in total. The summed E-state index contributed by atoms with van der Waals surface area (Å²) in [5.74, 6) is 0. The molecule has 0 aliphatic rings. The molecule has 4 heteroatoms. The standard InChI is InChI=1S/C7H16O3P/c1-4-5-6-7-11(8,9-2)10-3/h5H,4,6-7H2,1-3H3. The van der Waals surface area contributed by atoms with Gasteiger partial charge in [-0.2, -0.15) is 0 Å². The highest BCUT2D eigenvalue weighted by molar-refractivity contribution is 7.53. The van der Waals surface area contributed by atoms with Crippen LogP contribution in [-0.2, 0) is 13.6 Å². The third-order valence-electron chi connectivity index (χ3n) is 1.45. The Labute approximate surface area is 68.6 Å². The van der Waals surface area contributed by atoms with Crippen LogP contribution in [0.2, 0.25) is 0 Å². The Kier molecular flexibility index (Phi) is 5.83. The fourth-order valence-corrected chi connectivity index (χ4v) is 1.72. The smallest absolute Gasteiger partial charge is 0.312 e. The van der Waals surface area contributed by atoms with Crippen molar-refractivity contribution in [3.63, 3.8) is 0 Å². The first-order chi connectivity index (χ1) is 5.18. The summed E-state index contributed by atoms with van der Waals surface area (Å²) in [5.41, 5.74) is 0. The predicted molar refractivity (Wildman–Crippen MR) is 45.7 cm³/mol. The molecule has 11 heavy (non-hydrogen) atoms. The van der Waals surface area contributed by atoms with Gasteiger partial charge in [0.1, 0.15) is 0 Å². The van der Waals surface area contributed by atoms with Gasteiger partial charge in [-0.15, -0.1) is 0 Å². The molecule has 0 aromatic carbocycles. The van der Waals surface area contributed by atoms with Crippen molar-refractivity contribution in [2.24, 2.45) is 0 Å². The Balaban J connectivity index is 3.61. The lowest BCUT2D eigenvalue weighted by molar-refractivity contribution is 0.276. The fourth-order valence-electron chi connectivity index (χ4n) is 0.711. The van der Waals surface area contributed by atoms with Crippen molar-refractivity contribution in [2.75, 3.05) is 20.4 Å². The van der Waals surface area contributed by atoms with E-state index in [-0.39, 0.29) is 0 Å². The topological polar surface area (TPSA) is 35.5 Å². The molecule has 67 valence electrons. The minimum absolute atomic E-state index is 0.480. The van der Waals surface area contributed by atoms with E-state index in [1.807, 2.05) is 6.92 Å². The largest absolute Gasteiger partial charge is 0.330 e. The summed E-state index contributed by atoms with van der Waals surface area (Å²) in [6.45, 7) is 2.05. The normalized spacial score (nSPS) is 11.9. The maximum atomic E-state index is 11.4. The van der Waals surface area contributed by atoms with Crippen molar-refractivity contribution in [3.05, 3.63) is 6.42 Å². The third-order valence-corrected chi connectivity index (χ3v) is 3.37. The number of hydrogen-bond donors (Lipinski definition) is 0. The summed E-state index contributed by atoms with van der Waals surface area (Å²) in [7, 11) is 0.0837. The predicted octanol–water partition coefficient (Wildman–Crippen LogP) is 2.48. The average Bonchev–Trinajstić information content (AvgIpc) is 2.05. The first-order valence-electron chi connectivity index (χ1n) is 3.70. The molecule has 0 atom stereocenters. The van der Waals surface area contributed by atoms with Gasteiger partial charge >= 0.3 is 7.60 Å². The minimum atomic E-state index is -2.74. The molecule has 0 saturated heterocycles. The Morgan fingerprint density at radius 2 is 1.91 bits per heavy atom. The second kappa shape index (κ2) is 5.76. The molecule has 0 aromatic rings. The summed E-state index contributed by atoms with van der Waals surface area (Å²) < 4.78 is 20.9. The number of unbranched alkanes of at least 4 members (excludes halogenated alkanes) is 2. The summed E-state index contributed by atoms with van der Waals surface area (Å²) in [5, 5.41) is 0. The molecule has 0 rings (SSSR count). The Morgan fingerprint density at radius 1 is 1.36 bits per heavy atom. The lowest BCUT2D eigenvalue weighted by Gasteiger charge is -2.12. The quantitative estimate of drug-likeness (QED) is 0.464. The first-order valence-corrected chi connectivity index (χ1v) is 5.43. The number of hydrogen-bond acceptors (Lipinski definition) is 3. The first kappa shape index (κ1) is 11.2. The third kappa shape index (κ3) is 4.57. The molecule has 0 aliphatic carbocycles. The zero-order valence-electron chi connectivity index (χ0n) is 7.37. The van der Waals surface area contributed by atoms with E-state index in [2.05, 4.69) is 6.42 Å². The molecule has 0 aliphatic heterocycles. The van der Waals surface area contributed by atoms with Gasteiger partial charge in [-0.1, -0.05) is 13.3 Å². The highest BCUT2D eigenvalue weighted by Gasteiger charge is 2.19. The van der Waals surface area contributed by atoms with Crippen molar-refractivity contribution in [1.29, 1.82) is 0 Å². The minimum Gasteiger partial charge on any atom is -0.312 e. The van der Waals surface area contributed by atoms with Crippen LogP contribution in [0.25, 0.3) is 0 Å². The van der Waals surface area contributed by atoms with Crippen LogP contribution in [0.5, 0.6) is 0 Å². The molecular formula is C7H16O3P. The van der Waals surface area contributed by atoms with Gasteiger partial charge < -0.3 is 9.05 Å². The van der Waals surface area contributed by atoms with E-state index >= 15 is 0 Å². The molecule has 0 fully saturated rings. The van der Waals surface area contributed by atoms with Crippen molar-refractivity contribution >= 4 is 7.60 Å². The van der Waals surface area contributed by atoms with Crippen LogP contribution < -0.4 is 0 Å². The van der Waals surface area contributed by atoms with E-state index in [0.717, 1.165) is 12.8 Å². The maximum Gasteiger partial charge on any atom is 0.330 e. The summed E-state index contributed by atoms with van der Waals surface area (Å²) in [6, 6.07) is 0. The maximum absolute atomic E-state index is 11.4. The van der Waals surface area contributed by atoms with Crippen LogP contribution in [0.1, 0.15) is 19.8 Å². The van der Waals surface area contributed by atoms with E-state index in [1.165, 1.54) is 14.2 Å². The van der Waals surface area contributed by atoms with Gasteiger partial charge in [0.05, 0.1) is 6.16 Å². The molecular weight excluding hydrogens is 163 g/mol. The Hall–Kier alpha value is 0.150. The highest BCUT2D eigenvalue weighted by Crippen LogP contribution is 2.46. The molecule has 0 unspecified atom stereocenters. The monoisotopic (exact) mass is 179 g/mol. The summed E-state index contributed by atoms with van der Waals surface area (Å²) in [4.78, 5) is 0. The van der Waals surface area contributed by atoms with E-state index in [4.69, 9.17) is 9.05 Å². The zero-order chi connectivity index (χ0) is 8.74. The van der Waals surface area contributed by atoms with Crippen LogP contribution in [0, 0.1) is 6.42 Å². The van der Waals surface area contributed by atoms with E-state index < -0.39 is 7.60 Å². The lowest BCUT2D eigenvalue weighted by atomic mass is 10.3. The van der Waals surface area contributed by atoms with Crippen molar-refractivity contribution in [3.8, 4) is 0 Å². The van der Waals surface area contributed by atoms with Gasteiger partial charge in [0.15, 0.2) is 0 Å². The van der Waals surface area contributed by atoms with Gasteiger partial charge in [0.25, 0.3) is 0 Å². The van der Waals surface area contributed by atoms with Gasteiger partial charge in [-0.3, -0.25) is 4.57 Å². The van der Waals surface area contributed by atoms with Crippen LogP contribution in [0.4, 0.5) is 0 Å². The molecule has 0 aromatic heterocycles. The van der Waals surface area contributed by atoms with Gasteiger partial charge in [0.2, 0.25) is 0 Å². The second-order valence-electron chi connectivity index (χ2n) is 2.19. The zero-order valence-corrected chi connectivity index (χ0v) is 8.27. The van der Waals surface area contributed by atoms with Gasteiger partial charge in [0, 0.05) is 14.2 Å². The Morgan fingerprint density at radius 3 is 2.27 bits per heavy atom. The van der Waals surface area contributed by atoms with Crippen molar-refractivity contribution in [2.45, 2.75) is 19.8 Å². The van der Waals surface area contributed by atoms with Gasteiger partial charge in [-0.25, -0.2) is 0 Å². The number of rotatable bonds is 6. The Bertz CT molecular complexity index is 128. The molecule has 0 bridgehead atoms. The summed E-state index contributed by atoms with van der Waals surface area (Å²) in [6.07, 6.45) is 4.32. The second-order valence-corrected chi connectivity index (χ2v) is 4.58. The van der Waals surface area contributed by atoms with E-state index in [9.17, 15) is 4.57 Å². The molecule has 0 amide bonds. The van der Waals surface area contributed by atoms with Crippen molar-refractivity contribution in [1.82, 2.24) is 0 Å². The van der Waals surface area contributed by atoms with E-state index in [0.29, 0.717) is 6.16 Å². The van der Waals surface area contributed by atoms with Crippen molar-refractivity contribution < 1.29 is 13.6 Å². The van der Waals surface area contributed by atoms with E-state index in [1.54, 1.807) is 0 Å². The van der Waals surface area contributed by atoms with Crippen LogP contribution in [0.3, 0.4) is 0 Å². The van der Waals surface area contributed by atoms with Crippen LogP contribution in [0.15, 0.2) is 0 Å². The molecule has 1 radical (unpaired) electrons. The summed E-state index contributed by atoms with van der Waals surface area (Å²) >= 11 is 0. The van der Waals surface area contributed by atoms with Crippen LogP contribution in [-0.4, -0.2) is 20.4 Å². The molecule has 0 spiro atoms. The average molecular weight is 179 g/mol. The van der Waals surface area contributed by atoms with Crippen LogP contribution >= 0.6 is 7.60 Å². The SMILES string of the molecule is CC[CH]CCP(=O)(OC)OC. The highest BCUT2D eigenvalue weighted by atomic mass is 31.2. The molecule has 0 saturated carbocycles. The molecule has 3 nitrogen and oxygen atoms in total. The molecule has 0 heterocycles. The van der Waals surface area contributed by atoms with Gasteiger partial charge in [-0.05, 0) is 12.8 Å².